The molecule has 36 heavy (non-hydrogen) atoms. The van der Waals surface area contributed by atoms with Crippen LogP contribution in [-0.4, -0.2) is 87.7 Å². The summed E-state index contributed by atoms with van der Waals surface area (Å²) in [5, 5.41) is 13.6. The Morgan fingerprint density at radius 1 is 1.17 bits per heavy atom. The van der Waals surface area contributed by atoms with Gasteiger partial charge in [0.2, 0.25) is 5.91 Å². The molecule has 0 radical (unpaired) electrons. The number of morpholine rings is 1. The van der Waals surface area contributed by atoms with Crippen molar-refractivity contribution in [2.24, 2.45) is 4.99 Å². The van der Waals surface area contributed by atoms with Gasteiger partial charge < -0.3 is 29.3 Å². The van der Waals surface area contributed by atoms with E-state index in [9.17, 15) is 10.1 Å². The SMILES string of the molecule is COc1cc(N=C(C)N2CCCNCC2C(=O)N2CCOCC2)c(C#N)c(-c2ccccc2)c1OC. The number of hydrogen-bond donors (Lipinski definition) is 1. The maximum absolute atomic E-state index is 13.5. The summed E-state index contributed by atoms with van der Waals surface area (Å²) in [6.45, 7) is 6.23. The first-order valence-electron chi connectivity index (χ1n) is 12.2. The van der Waals surface area contributed by atoms with Gasteiger partial charge in [0.15, 0.2) is 11.5 Å². The van der Waals surface area contributed by atoms with Crippen LogP contribution < -0.4 is 14.8 Å². The van der Waals surface area contributed by atoms with Crippen LogP contribution in [0.2, 0.25) is 0 Å². The molecule has 0 aromatic heterocycles. The van der Waals surface area contributed by atoms with Gasteiger partial charge in [-0.2, -0.15) is 5.26 Å². The molecular weight excluding hydrogens is 458 g/mol. The second kappa shape index (κ2) is 11.9. The van der Waals surface area contributed by atoms with Crippen LogP contribution in [0.15, 0.2) is 41.4 Å². The Bertz CT molecular complexity index is 1140. The standard InChI is InChI=1S/C27H33N5O4/c1-19(32-11-7-10-29-18-23(32)27(33)31-12-14-36-15-13-31)30-22-16-24(34-2)26(35-3)25(21(22)17-28)20-8-5-4-6-9-20/h4-6,8-9,16,23,29H,7,10-15,18H2,1-3H3. The highest BCUT2D eigenvalue weighted by Crippen LogP contribution is 2.45. The molecule has 9 nitrogen and oxygen atoms in total. The van der Waals surface area contributed by atoms with Crippen molar-refractivity contribution in [2.45, 2.75) is 19.4 Å². The van der Waals surface area contributed by atoms with E-state index in [1.54, 1.807) is 20.3 Å². The van der Waals surface area contributed by atoms with Crippen LogP contribution in [0, 0.1) is 11.3 Å². The summed E-state index contributed by atoms with van der Waals surface area (Å²) in [7, 11) is 3.13. The lowest BCUT2D eigenvalue weighted by Gasteiger charge is -2.36. The van der Waals surface area contributed by atoms with E-state index >= 15 is 0 Å². The molecule has 2 aromatic carbocycles. The molecule has 0 aliphatic carbocycles. The fourth-order valence-electron chi connectivity index (χ4n) is 4.78. The van der Waals surface area contributed by atoms with E-state index in [0.717, 1.165) is 18.5 Å². The van der Waals surface area contributed by atoms with E-state index < -0.39 is 0 Å². The molecule has 2 aliphatic heterocycles. The van der Waals surface area contributed by atoms with E-state index in [1.165, 1.54) is 0 Å². The lowest BCUT2D eigenvalue weighted by molar-refractivity contribution is -0.139. The topological polar surface area (TPSA) is 99.4 Å². The van der Waals surface area contributed by atoms with Gasteiger partial charge in [0.05, 0.1) is 38.7 Å². The van der Waals surface area contributed by atoms with E-state index in [1.807, 2.05) is 42.2 Å². The maximum atomic E-state index is 13.5. The zero-order valence-electron chi connectivity index (χ0n) is 21.1. The van der Waals surface area contributed by atoms with Gasteiger partial charge in [-0.1, -0.05) is 30.3 Å². The van der Waals surface area contributed by atoms with Crippen molar-refractivity contribution < 1.29 is 19.0 Å². The highest BCUT2D eigenvalue weighted by molar-refractivity contribution is 5.92. The number of aliphatic imine (C=N–C) groups is 1. The summed E-state index contributed by atoms with van der Waals surface area (Å²) in [6.07, 6.45) is 0.881. The Morgan fingerprint density at radius 2 is 1.92 bits per heavy atom. The number of rotatable bonds is 5. The quantitative estimate of drug-likeness (QED) is 0.507. The number of methoxy groups -OCH3 is 2. The van der Waals surface area contributed by atoms with Crippen molar-refractivity contribution in [1.29, 1.82) is 5.26 Å². The van der Waals surface area contributed by atoms with E-state index in [4.69, 9.17) is 19.2 Å². The van der Waals surface area contributed by atoms with Gasteiger partial charge in [-0.15, -0.1) is 0 Å². The van der Waals surface area contributed by atoms with Crippen LogP contribution >= 0.6 is 0 Å². The third-order valence-corrected chi connectivity index (χ3v) is 6.60. The predicted octanol–water partition coefficient (Wildman–Crippen LogP) is 2.82. The molecule has 2 fully saturated rings. The minimum Gasteiger partial charge on any atom is -0.493 e. The number of amidine groups is 1. The van der Waals surface area contributed by atoms with Crippen LogP contribution in [0.5, 0.6) is 11.5 Å². The normalized spacial score (nSPS) is 18.8. The summed E-state index contributed by atoms with van der Waals surface area (Å²) in [4.78, 5) is 22.3. The van der Waals surface area contributed by atoms with Gasteiger partial charge in [-0.05, 0) is 25.5 Å². The third-order valence-electron chi connectivity index (χ3n) is 6.60. The summed E-state index contributed by atoms with van der Waals surface area (Å²) in [6, 6.07) is 13.3. The molecule has 9 heteroatoms. The molecule has 2 aliphatic rings. The smallest absolute Gasteiger partial charge is 0.246 e. The van der Waals surface area contributed by atoms with Gasteiger partial charge in [-0.25, -0.2) is 4.99 Å². The van der Waals surface area contributed by atoms with Crippen molar-refractivity contribution in [3.8, 4) is 28.7 Å². The first kappa shape index (κ1) is 25.5. The number of benzene rings is 2. The maximum Gasteiger partial charge on any atom is 0.246 e. The fraction of sp³-hybridized carbons (Fsp3) is 0.444. The molecular formula is C27H33N5O4. The van der Waals surface area contributed by atoms with Crippen molar-refractivity contribution in [3.63, 3.8) is 0 Å². The fourth-order valence-corrected chi connectivity index (χ4v) is 4.78. The number of carbonyl (C=O) groups excluding carboxylic acids is 1. The van der Waals surface area contributed by atoms with E-state index in [2.05, 4.69) is 16.3 Å². The second-order valence-electron chi connectivity index (χ2n) is 8.72. The van der Waals surface area contributed by atoms with E-state index in [-0.39, 0.29) is 11.9 Å². The van der Waals surface area contributed by atoms with E-state index in [0.29, 0.717) is 73.5 Å². The van der Waals surface area contributed by atoms with Crippen molar-refractivity contribution in [1.82, 2.24) is 15.1 Å². The number of ether oxygens (including phenoxy) is 3. The van der Waals surface area contributed by atoms with Gasteiger partial charge >= 0.3 is 0 Å². The minimum atomic E-state index is -0.381. The molecule has 2 heterocycles. The molecule has 190 valence electrons. The second-order valence-corrected chi connectivity index (χ2v) is 8.72. The number of carbonyl (C=O) groups is 1. The van der Waals surface area contributed by atoms with Crippen molar-refractivity contribution >= 4 is 17.4 Å². The summed E-state index contributed by atoms with van der Waals surface area (Å²) < 4.78 is 16.7. The predicted molar refractivity (Wildman–Crippen MR) is 138 cm³/mol. The molecule has 0 bridgehead atoms. The number of nitrogens with zero attached hydrogens (tertiary/aromatic N) is 4. The minimum absolute atomic E-state index is 0.0695. The molecule has 2 aromatic rings. The molecule has 1 unspecified atom stereocenters. The molecule has 2 saturated heterocycles. The number of nitrogens with one attached hydrogen (secondary N) is 1. The van der Waals surface area contributed by atoms with Crippen LogP contribution in [0.3, 0.4) is 0 Å². The summed E-state index contributed by atoms with van der Waals surface area (Å²) >= 11 is 0. The average Bonchev–Trinajstić information content (AvgIpc) is 3.19. The zero-order valence-corrected chi connectivity index (χ0v) is 21.1. The monoisotopic (exact) mass is 491 g/mol. The molecule has 1 atom stereocenters. The lowest BCUT2D eigenvalue weighted by atomic mass is 9.97. The number of nitriles is 1. The molecule has 0 spiro atoms. The van der Waals surface area contributed by atoms with Gasteiger partial charge in [0.1, 0.15) is 17.9 Å². The Balaban J connectivity index is 1.78. The molecule has 0 saturated carbocycles. The largest absolute Gasteiger partial charge is 0.493 e. The third kappa shape index (κ3) is 5.30. The summed E-state index contributed by atoms with van der Waals surface area (Å²) in [5.41, 5.74) is 2.33. The highest BCUT2D eigenvalue weighted by Gasteiger charge is 2.33. The van der Waals surface area contributed by atoms with Crippen molar-refractivity contribution in [3.05, 3.63) is 42.0 Å². The number of amides is 1. The van der Waals surface area contributed by atoms with Crippen LogP contribution in [0.25, 0.3) is 11.1 Å². The van der Waals surface area contributed by atoms with Crippen LogP contribution in [-0.2, 0) is 9.53 Å². The highest BCUT2D eigenvalue weighted by atomic mass is 16.5. The van der Waals surface area contributed by atoms with Gasteiger partial charge in [0.25, 0.3) is 0 Å². The van der Waals surface area contributed by atoms with Gasteiger partial charge in [0, 0.05) is 37.8 Å². The van der Waals surface area contributed by atoms with Crippen molar-refractivity contribution in [2.75, 3.05) is 60.2 Å². The molecule has 1 N–H and O–H groups in total. The number of hydrogen-bond acceptors (Lipinski definition) is 7. The Hall–Kier alpha value is -3.61. The van der Waals surface area contributed by atoms with Crippen LogP contribution in [0.1, 0.15) is 18.9 Å². The van der Waals surface area contributed by atoms with Crippen LogP contribution in [0.4, 0.5) is 5.69 Å². The zero-order chi connectivity index (χ0) is 25.5. The Kier molecular flexibility index (Phi) is 8.41. The molecule has 4 rings (SSSR count). The average molecular weight is 492 g/mol. The molecule has 1 amide bonds. The Morgan fingerprint density at radius 3 is 2.58 bits per heavy atom. The first-order valence-corrected chi connectivity index (χ1v) is 12.2. The van der Waals surface area contributed by atoms with Gasteiger partial charge in [-0.3, -0.25) is 4.79 Å². The lowest BCUT2D eigenvalue weighted by Crippen LogP contribution is -2.55. The Labute approximate surface area is 212 Å². The summed E-state index contributed by atoms with van der Waals surface area (Å²) in [5.74, 6) is 1.71. The first-order chi connectivity index (χ1) is 17.6.